The zero-order valence-electron chi connectivity index (χ0n) is 40.6. The molecular formula is C61H62N2O4S2. The average molecular weight is 951 g/mol. The van der Waals surface area contributed by atoms with E-state index in [9.17, 15) is 9.59 Å². The van der Waals surface area contributed by atoms with Crippen LogP contribution >= 0.6 is 22.7 Å². The number of ketones is 1. The van der Waals surface area contributed by atoms with Gasteiger partial charge in [-0.2, -0.15) is 0 Å². The minimum absolute atomic E-state index is 0.216. The summed E-state index contributed by atoms with van der Waals surface area (Å²) < 4.78 is 11.1. The van der Waals surface area contributed by atoms with Crippen molar-refractivity contribution in [3.05, 3.63) is 193 Å². The highest BCUT2D eigenvalue weighted by Crippen LogP contribution is 2.43. The van der Waals surface area contributed by atoms with Crippen LogP contribution in [0.5, 0.6) is 0 Å². The van der Waals surface area contributed by atoms with E-state index in [1.807, 2.05) is 69.4 Å². The Labute approximate surface area is 416 Å². The van der Waals surface area contributed by atoms with E-state index in [2.05, 4.69) is 187 Å². The number of ether oxygens (including phenoxy) is 2. The number of carbonyl (C=O) groups is 2. The topological polar surface area (TPSA) is 59.1 Å². The number of benzene rings is 6. The van der Waals surface area contributed by atoms with Gasteiger partial charge in [-0.25, -0.2) is 0 Å². The van der Waals surface area contributed by atoms with Crippen LogP contribution in [0.4, 0.5) is 34.1 Å². The van der Waals surface area contributed by atoms with E-state index < -0.39 is 0 Å². The van der Waals surface area contributed by atoms with E-state index in [0.717, 1.165) is 52.5 Å². The van der Waals surface area contributed by atoms with Gasteiger partial charge >= 0.3 is 5.97 Å². The summed E-state index contributed by atoms with van der Waals surface area (Å²) in [4.78, 5) is 34.7. The molecule has 0 atom stereocenters. The van der Waals surface area contributed by atoms with Gasteiger partial charge in [-0.05, 0) is 159 Å². The molecule has 0 aliphatic carbocycles. The Kier molecular flexibility index (Phi) is 15.7. The monoisotopic (exact) mass is 950 g/mol. The number of esters is 1. The number of nitrogens with zero attached hydrogens (tertiary/aromatic N) is 2. The maximum absolute atomic E-state index is 12.8. The van der Waals surface area contributed by atoms with Crippen LogP contribution in [0.25, 0.3) is 30.6 Å². The third kappa shape index (κ3) is 12.7. The lowest BCUT2D eigenvalue weighted by molar-refractivity contribution is -0.146. The van der Waals surface area contributed by atoms with E-state index >= 15 is 0 Å². The number of para-hydroxylation sites is 2. The van der Waals surface area contributed by atoms with Gasteiger partial charge in [0.25, 0.3) is 0 Å². The smallest absolute Gasteiger partial charge is 0.306 e. The van der Waals surface area contributed by atoms with Gasteiger partial charge in [0.15, 0.2) is 0 Å². The van der Waals surface area contributed by atoms with Crippen LogP contribution in [0.2, 0.25) is 0 Å². The summed E-state index contributed by atoms with van der Waals surface area (Å²) in [7, 11) is 0. The van der Waals surface area contributed by atoms with Crippen molar-refractivity contribution in [2.24, 2.45) is 5.41 Å². The molecule has 0 bridgehead atoms. The summed E-state index contributed by atoms with van der Waals surface area (Å²) >= 11 is 3.63. The lowest BCUT2D eigenvalue weighted by Crippen LogP contribution is -2.23. The molecule has 8 heteroatoms. The predicted octanol–water partition coefficient (Wildman–Crippen LogP) is 17.0. The van der Waals surface area contributed by atoms with E-state index in [0.29, 0.717) is 31.7 Å². The number of aryl methyl sites for hydroxylation is 2. The Morgan fingerprint density at radius 1 is 0.449 bits per heavy atom. The van der Waals surface area contributed by atoms with Crippen molar-refractivity contribution in [3.63, 3.8) is 0 Å². The highest BCUT2D eigenvalue weighted by molar-refractivity contribution is 7.25. The van der Waals surface area contributed by atoms with Crippen molar-refractivity contribution in [1.29, 1.82) is 0 Å². The van der Waals surface area contributed by atoms with Crippen LogP contribution in [0.15, 0.2) is 182 Å². The van der Waals surface area contributed by atoms with E-state index in [1.54, 1.807) is 0 Å². The second kappa shape index (κ2) is 22.2. The summed E-state index contributed by atoms with van der Waals surface area (Å²) in [6, 6.07) is 64.5. The van der Waals surface area contributed by atoms with Crippen LogP contribution in [0.1, 0.15) is 71.9 Å². The summed E-state index contributed by atoms with van der Waals surface area (Å²) in [6.45, 7) is 12.8. The number of anilines is 6. The maximum atomic E-state index is 12.8. The fourth-order valence-corrected chi connectivity index (χ4v) is 10.2. The maximum Gasteiger partial charge on any atom is 0.306 e. The van der Waals surface area contributed by atoms with Crippen molar-refractivity contribution >= 4 is 68.6 Å². The first-order chi connectivity index (χ1) is 33.3. The lowest BCUT2D eigenvalue weighted by Gasteiger charge is -2.26. The molecule has 69 heavy (non-hydrogen) atoms. The molecule has 0 unspecified atom stereocenters. The van der Waals surface area contributed by atoms with Crippen molar-refractivity contribution in [2.75, 3.05) is 23.0 Å². The molecule has 0 radical (unpaired) electrons. The van der Waals surface area contributed by atoms with Gasteiger partial charge in [-0.1, -0.05) is 106 Å². The van der Waals surface area contributed by atoms with E-state index in [1.165, 1.54) is 36.2 Å². The molecule has 2 heterocycles. The first kappa shape index (κ1) is 48.9. The number of thiophene rings is 2. The molecule has 0 saturated heterocycles. The van der Waals surface area contributed by atoms with Gasteiger partial charge in [0.2, 0.25) is 0 Å². The first-order valence-corrected chi connectivity index (χ1v) is 25.6. The van der Waals surface area contributed by atoms with Gasteiger partial charge in [0.1, 0.15) is 12.4 Å². The third-order valence-electron chi connectivity index (χ3n) is 12.5. The fraction of sp³-hybridized carbons (Fsp3) is 0.246. The minimum Gasteiger partial charge on any atom is -0.463 e. The molecule has 0 saturated carbocycles. The number of Topliss-reactive ketones (excluding diaryl/α,β-unsaturated/α-hetero) is 1. The normalized spacial score (nSPS) is 11.6. The van der Waals surface area contributed by atoms with E-state index in [4.69, 9.17) is 9.47 Å². The van der Waals surface area contributed by atoms with Crippen LogP contribution in [-0.2, 0) is 31.9 Å². The summed E-state index contributed by atoms with van der Waals surface area (Å²) in [5.74, 6) is 0.105. The molecule has 352 valence electrons. The van der Waals surface area contributed by atoms with E-state index in [-0.39, 0.29) is 23.6 Å². The zero-order valence-corrected chi connectivity index (χ0v) is 42.2. The van der Waals surface area contributed by atoms with Gasteiger partial charge in [0, 0.05) is 71.9 Å². The second-order valence-corrected chi connectivity index (χ2v) is 21.1. The van der Waals surface area contributed by atoms with Gasteiger partial charge in [-0.15, -0.1) is 22.7 Å². The number of carbonyl (C=O) groups excluding carboxylic acids is 2. The molecule has 0 spiro atoms. The molecule has 8 aromatic rings. The molecule has 2 aromatic heterocycles. The Bertz CT molecular complexity index is 2900. The van der Waals surface area contributed by atoms with Gasteiger partial charge < -0.3 is 19.3 Å². The molecule has 0 amide bonds. The van der Waals surface area contributed by atoms with Crippen LogP contribution in [-0.4, -0.2) is 30.6 Å². The van der Waals surface area contributed by atoms with Crippen LogP contribution in [0.3, 0.4) is 0 Å². The zero-order chi connectivity index (χ0) is 48.4. The predicted molar refractivity (Wildman–Crippen MR) is 290 cm³/mol. The summed E-state index contributed by atoms with van der Waals surface area (Å²) in [5, 5.41) is 0. The third-order valence-corrected chi connectivity index (χ3v) is 14.9. The number of rotatable bonds is 20. The Hall–Kier alpha value is -6.58. The van der Waals surface area contributed by atoms with Gasteiger partial charge in [-0.3, -0.25) is 9.59 Å². The molecule has 6 aromatic carbocycles. The first-order valence-electron chi connectivity index (χ1n) is 24.0. The second-order valence-electron chi connectivity index (χ2n) is 18.9. The molecule has 0 aliphatic heterocycles. The summed E-state index contributed by atoms with van der Waals surface area (Å²) in [5.41, 5.74) is 10.5. The molecule has 6 nitrogen and oxygen atoms in total. The number of hydrogen-bond acceptors (Lipinski definition) is 8. The standard InChI is InChI=1S/C61H62N2O4S2/c1-7-61(5,6)58(64)40-22-44-18-28-50(29-19-44)62(48-14-10-8-11-15-48)52-32-24-46(25-33-52)54-36-38-56(68-54)57-39-37-55(69-57)47-26-34-53(35-27-47)63(49-16-12-9-13-17-49)51-30-20-45(21-31-51)23-41-59(65)66-42-43-67-60(2,3)4/h8-21,24-39H,7,22-23,40-43H2,1-6H3. The summed E-state index contributed by atoms with van der Waals surface area (Å²) in [6.07, 6.45) is 3.09. The molecular weight excluding hydrogens is 889 g/mol. The molecule has 0 fully saturated rings. The molecule has 0 aliphatic rings. The fourth-order valence-electron chi connectivity index (χ4n) is 8.09. The van der Waals surface area contributed by atoms with Crippen molar-refractivity contribution < 1.29 is 19.1 Å². The Morgan fingerprint density at radius 2 is 0.826 bits per heavy atom. The highest BCUT2D eigenvalue weighted by Gasteiger charge is 2.24. The van der Waals surface area contributed by atoms with Crippen molar-refractivity contribution in [3.8, 4) is 30.6 Å². The largest absolute Gasteiger partial charge is 0.463 e. The SMILES string of the molecule is CCC(C)(C)C(=O)CCc1ccc(N(c2ccccc2)c2ccc(-c3ccc(-c4ccc(-c5ccc(N(c6ccccc6)c6ccc(CCC(=O)OCCOC(C)(C)C)cc6)cc5)s4)s3)cc2)cc1. The Morgan fingerprint density at radius 3 is 1.23 bits per heavy atom. The lowest BCUT2D eigenvalue weighted by atomic mass is 9.83. The number of hydrogen-bond donors (Lipinski definition) is 0. The Balaban J connectivity index is 0.926. The molecule has 8 rings (SSSR count). The van der Waals surface area contributed by atoms with Crippen LogP contribution < -0.4 is 9.80 Å². The van der Waals surface area contributed by atoms with Gasteiger partial charge in [0.05, 0.1) is 12.2 Å². The highest BCUT2D eigenvalue weighted by atomic mass is 32.1. The van der Waals surface area contributed by atoms with Crippen molar-refractivity contribution in [1.82, 2.24) is 0 Å². The average Bonchev–Trinajstić information content (AvgIpc) is 4.07. The minimum atomic E-state index is -0.278. The van der Waals surface area contributed by atoms with Crippen LogP contribution in [0, 0.1) is 5.41 Å². The van der Waals surface area contributed by atoms with Crippen molar-refractivity contribution in [2.45, 2.75) is 79.2 Å². The molecule has 0 N–H and O–H groups in total. The quantitative estimate of drug-likeness (QED) is 0.0560.